The first-order valence-corrected chi connectivity index (χ1v) is 10.7. The van der Waals surface area contributed by atoms with Gasteiger partial charge in [-0.05, 0) is 12.8 Å². The molecule has 1 aromatic heterocycles. The maximum Gasteiger partial charge on any atom is 0.340 e. The molecule has 0 spiro atoms. The van der Waals surface area contributed by atoms with Crippen LogP contribution in [0.3, 0.4) is 0 Å². The second-order valence-corrected chi connectivity index (χ2v) is 7.72. The lowest BCUT2D eigenvalue weighted by Gasteiger charge is -2.17. The third-order valence-electron chi connectivity index (χ3n) is 5.36. The largest absolute Gasteiger partial charge is 0.394 e. The Morgan fingerprint density at radius 1 is 1.10 bits per heavy atom. The number of ketones is 1. The third kappa shape index (κ3) is 5.53. The summed E-state index contributed by atoms with van der Waals surface area (Å²) in [6, 6.07) is 0. The van der Waals surface area contributed by atoms with E-state index in [1.54, 1.807) is 0 Å². The van der Waals surface area contributed by atoms with Crippen molar-refractivity contribution in [3.63, 3.8) is 0 Å². The van der Waals surface area contributed by atoms with E-state index in [4.69, 9.17) is 4.74 Å². The van der Waals surface area contributed by atoms with Gasteiger partial charge in [-0.1, -0.05) is 39.5 Å². The molecule has 1 fully saturated rings. The number of ether oxygens (including phenoxy) is 1. The van der Waals surface area contributed by atoms with E-state index in [1.165, 1.54) is 0 Å². The zero-order valence-electron chi connectivity index (χ0n) is 17.7. The number of nitrogens with zero attached hydrogens (tertiary/aromatic N) is 2. The number of carbonyl (C=O) groups is 2. The molecule has 0 amide bonds. The van der Waals surface area contributed by atoms with Crippen molar-refractivity contribution in [3.05, 3.63) is 32.6 Å². The van der Waals surface area contributed by atoms with Crippen LogP contribution in [-0.4, -0.2) is 49.9 Å². The van der Waals surface area contributed by atoms with Gasteiger partial charge in [-0.25, -0.2) is 4.79 Å². The van der Waals surface area contributed by atoms with Crippen molar-refractivity contribution in [2.45, 2.75) is 90.1 Å². The van der Waals surface area contributed by atoms with Gasteiger partial charge >= 0.3 is 5.69 Å². The Bertz CT molecular complexity index is 858. The van der Waals surface area contributed by atoms with Crippen LogP contribution in [0.1, 0.15) is 93.0 Å². The summed E-state index contributed by atoms with van der Waals surface area (Å²) in [6.07, 6.45) is 2.92. The molecular weight excluding hydrogens is 392 g/mol. The number of hydrogen-bond acceptors (Lipinski definition) is 7. The van der Waals surface area contributed by atoms with Crippen molar-refractivity contribution in [2.75, 3.05) is 6.61 Å². The average molecular weight is 424 g/mol. The van der Waals surface area contributed by atoms with Crippen molar-refractivity contribution in [2.24, 2.45) is 0 Å². The number of rotatable bonds is 11. The summed E-state index contributed by atoms with van der Waals surface area (Å²) in [5.74, 6) is -1.10. The highest BCUT2D eigenvalue weighted by molar-refractivity contribution is 5.96. The van der Waals surface area contributed by atoms with Crippen molar-refractivity contribution >= 4 is 11.7 Å². The van der Waals surface area contributed by atoms with Crippen LogP contribution in [0, 0.1) is 0 Å². The number of carbonyl (C=O) groups excluding carboxylic acids is 2. The Labute approximate surface area is 175 Å². The highest BCUT2D eigenvalue weighted by atomic mass is 16.5. The van der Waals surface area contributed by atoms with E-state index in [0.29, 0.717) is 17.4 Å². The van der Waals surface area contributed by atoms with Crippen LogP contribution in [0.4, 0.5) is 0 Å². The van der Waals surface area contributed by atoms with Crippen LogP contribution in [0.25, 0.3) is 0 Å². The number of unbranched alkanes of at least 4 members (excludes halogenated alkanes) is 4. The van der Waals surface area contributed by atoms with Crippen LogP contribution in [-0.2, 0) is 4.74 Å². The molecule has 2 heterocycles. The predicted octanol–water partition coefficient (Wildman–Crippen LogP) is 1.63. The normalized spacial score (nSPS) is 21.1. The summed E-state index contributed by atoms with van der Waals surface area (Å²) in [5.41, 5.74) is -2.04. The summed E-state index contributed by atoms with van der Waals surface area (Å²) in [6.45, 7) is 3.53. The number of aliphatic hydroxyl groups is 2. The van der Waals surface area contributed by atoms with E-state index in [1.807, 2.05) is 13.8 Å². The molecule has 1 aliphatic rings. The van der Waals surface area contributed by atoms with Gasteiger partial charge < -0.3 is 14.9 Å². The summed E-state index contributed by atoms with van der Waals surface area (Å²) in [7, 11) is 0. The Kier molecular flexibility index (Phi) is 9.13. The zero-order valence-corrected chi connectivity index (χ0v) is 17.7. The Morgan fingerprint density at radius 3 is 2.30 bits per heavy atom. The van der Waals surface area contributed by atoms with Gasteiger partial charge in [-0.15, -0.1) is 0 Å². The third-order valence-corrected chi connectivity index (χ3v) is 5.36. The number of Topliss-reactive ketones (excluding diaryl/α,β-unsaturated/α-hetero) is 1. The summed E-state index contributed by atoms with van der Waals surface area (Å²) in [4.78, 5) is 51.2. The lowest BCUT2D eigenvalue weighted by atomic mass is 10.1. The lowest BCUT2D eigenvalue weighted by molar-refractivity contribution is -0.0462. The maximum atomic E-state index is 13.0. The molecule has 0 aromatic carbocycles. The van der Waals surface area contributed by atoms with E-state index >= 15 is 0 Å². The standard InChI is InChI=1S/C21H32N2O7/c1-3-5-7-9-15(25)14-12-22(19-11-16(26)17(13-24)30-19)21(29)23(20(14)28)18(27)10-8-6-4-2/h12,16-17,19,24,26H,3-11,13H2,1-2H3/t16?,17-,19-/m0/s1. The summed E-state index contributed by atoms with van der Waals surface area (Å²) in [5, 5.41) is 19.3. The van der Waals surface area contributed by atoms with Gasteiger partial charge in [0.15, 0.2) is 5.78 Å². The van der Waals surface area contributed by atoms with Crippen molar-refractivity contribution in [3.8, 4) is 0 Å². The first-order valence-electron chi connectivity index (χ1n) is 10.7. The van der Waals surface area contributed by atoms with E-state index in [-0.39, 0.29) is 24.8 Å². The molecule has 0 aliphatic carbocycles. The van der Waals surface area contributed by atoms with E-state index in [0.717, 1.165) is 36.4 Å². The first-order chi connectivity index (χ1) is 14.3. The summed E-state index contributed by atoms with van der Waals surface area (Å²) < 4.78 is 7.06. The van der Waals surface area contributed by atoms with Crippen molar-refractivity contribution in [1.29, 1.82) is 0 Å². The Morgan fingerprint density at radius 2 is 1.73 bits per heavy atom. The van der Waals surface area contributed by atoms with Gasteiger partial charge in [0, 0.05) is 25.5 Å². The summed E-state index contributed by atoms with van der Waals surface area (Å²) >= 11 is 0. The smallest absolute Gasteiger partial charge is 0.340 e. The first kappa shape index (κ1) is 24.2. The second kappa shape index (κ2) is 11.3. The quantitative estimate of drug-likeness (QED) is 0.408. The van der Waals surface area contributed by atoms with E-state index in [2.05, 4.69) is 0 Å². The van der Waals surface area contributed by atoms with Crippen LogP contribution in [0.15, 0.2) is 15.8 Å². The zero-order chi connectivity index (χ0) is 22.3. The van der Waals surface area contributed by atoms with Crippen molar-refractivity contribution in [1.82, 2.24) is 9.13 Å². The molecule has 1 aromatic rings. The minimum absolute atomic E-state index is 0.00315. The maximum absolute atomic E-state index is 13.0. The number of hydrogen-bond donors (Lipinski definition) is 2. The van der Waals surface area contributed by atoms with Gasteiger partial charge in [0.25, 0.3) is 5.56 Å². The molecule has 0 bridgehead atoms. The van der Waals surface area contributed by atoms with E-state index < -0.39 is 48.0 Å². The van der Waals surface area contributed by atoms with Gasteiger partial charge in [-0.3, -0.25) is 19.0 Å². The molecule has 0 saturated carbocycles. The lowest BCUT2D eigenvalue weighted by Crippen LogP contribution is -2.46. The van der Waals surface area contributed by atoms with Gasteiger partial charge in [0.1, 0.15) is 12.3 Å². The molecule has 168 valence electrons. The molecular formula is C21H32N2O7. The molecule has 9 nitrogen and oxygen atoms in total. The van der Waals surface area contributed by atoms with Crippen LogP contribution in [0.5, 0.6) is 0 Å². The van der Waals surface area contributed by atoms with Gasteiger partial charge in [0.2, 0.25) is 5.91 Å². The molecule has 1 unspecified atom stereocenters. The Hall–Kier alpha value is -2.10. The molecule has 2 rings (SSSR count). The molecule has 0 radical (unpaired) electrons. The average Bonchev–Trinajstić information content (AvgIpc) is 3.09. The van der Waals surface area contributed by atoms with Gasteiger partial charge in [0.05, 0.1) is 18.3 Å². The van der Waals surface area contributed by atoms with E-state index in [9.17, 15) is 29.4 Å². The molecule has 1 saturated heterocycles. The Balaban J connectivity index is 2.48. The topological polar surface area (TPSA) is 128 Å². The molecule has 9 heteroatoms. The monoisotopic (exact) mass is 424 g/mol. The second-order valence-electron chi connectivity index (χ2n) is 7.72. The van der Waals surface area contributed by atoms with Crippen LogP contribution in [0.2, 0.25) is 0 Å². The molecule has 3 atom stereocenters. The van der Waals surface area contributed by atoms with Crippen molar-refractivity contribution < 1.29 is 24.5 Å². The molecule has 2 N–H and O–H groups in total. The van der Waals surface area contributed by atoms with Crippen LogP contribution >= 0.6 is 0 Å². The fourth-order valence-electron chi connectivity index (χ4n) is 3.55. The van der Waals surface area contributed by atoms with Gasteiger partial charge in [-0.2, -0.15) is 4.57 Å². The predicted molar refractivity (Wildman–Crippen MR) is 110 cm³/mol. The minimum atomic E-state index is -1.00. The van der Waals surface area contributed by atoms with Crippen LogP contribution < -0.4 is 11.2 Å². The SMILES string of the molecule is CCCCCC(=O)c1cn([C@@H]2CC(O)[C@H](CO)O2)c(=O)n(C(=O)CCCCC)c1=O. The molecule has 1 aliphatic heterocycles. The highest BCUT2D eigenvalue weighted by Crippen LogP contribution is 2.27. The number of aliphatic hydroxyl groups excluding tert-OH is 2. The minimum Gasteiger partial charge on any atom is -0.394 e. The highest BCUT2D eigenvalue weighted by Gasteiger charge is 2.36. The number of aromatic nitrogens is 2. The fraction of sp³-hybridized carbons (Fsp3) is 0.714. The molecule has 30 heavy (non-hydrogen) atoms. The fourth-order valence-corrected chi connectivity index (χ4v) is 3.55.